The van der Waals surface area contributed by atoms with Gasteiger partial charge < -0.3 is 10.6 Å². The summed E-state index contributed by atoms with van der Waals surface area (Å²) in [5, 5.41) is 6.00. The number of rotatable bonds is 6. The lowest BCUT2D eigenvalue weighted by molar-refractivity contribution is 0.0934. The van der Waals surface area contributed by atoms with Crippen LogP contribution in [0.2, 0.25) is 5.15 Å². The van der Waals surface area contributed by atoms with Crippen LogP contribution in [0, 0.1) is 0 Å². The van der Waals surface area contributed by atoms with Crippen LogP contribution in [0.15, 0.2) is 42.6 Å². The molecule has 1 aromatic heterocycles. The van der Waals surface area contributed by atoms with E-state index in [-0.39, 0.29) is 23.0 Å². The maximum Gasteiger partial charge on any atom is 0.251 e. The van der Waals surface area contributed by atoms with Gasteiger partial charge in [0.2, 0.25) is 0 Å². The Kier molecular flexibility index (Phi) is 6.32. The molecule has 0 spiro atoms. The number of carbonyl (C=O) groups is 2. The van der Waals surface area contributed by atoms with Crippen LogP contribution in [0.3, 0.4) is 0 Å². The number of carbonyl (C=O) groups excluding carboxylic acids is 2. The Morgan fingerprint density at radius 2 is 1.83 bits per heavy atom. The van der Waals surface area contributed by atoms with E-state index < -0.39 is 0 Å². The number of pyridine rings is 1. The average Bonchev–Trinajstić information content (AvgIpc) is 2.59. The molecule has 2 aromatic rings. The number of amides is 2. The highest BCUT2D eigenvalue weighted by atomic mass is 35.5. The second kappa shape index (κ2) is 8.45. The predicted molar refractivity (Wildman–Crippen MR) is 94.1 cm³/mol. The third-order valence-corrected chi connectivity index (χ3v) is 3.85. The molecule has 0 saturated heterocycles. The summed E-state index contributed by atoms with van der Waals surface area (Å²) in [7, 11) is 0. The molecular formula is C18H20ClN3O2. The van der Waals surface area contributed by atoms with Crippen LogP contribution in [-0.2, 0) is 6.54 Å². The second-order valence-electron chi connectivity index (χ2n) is 5.53. The zero-order chi connectivity index (χ0) is 17.5. The molecule has 0 unspecified atom stereocenters. The lowest BCUT2D eigenvalue weighted by Crippen LogP contribution is -2.31. The highest BCUT2D eigenvalue weighted by molar-refractivity contribution is 6.29. The first-order valence-electron chi connectivity index (χ1n) is 7.79. The van der Waals surface area contributed by atoms with Crippen molar-refractivity contribution in [1.29, 1.82) is 0 Å². The molecule has 0 aliphatic heterocycles. The topological polar surface area (TPSA) is 71.1 Å². The van der Waals surface area contributed by atoms with Crippen molar-refractivity contribution in [2.45, 2.75) is 32.9 Å². The fourth-order valence-corrected chi connectivity index (χ4v) is 2.19. The number of aromatic nitrogens is 1. The first-order chi connectivity index (χ1) is 11.5. The number of nitrogens with one attached hydrogen (secondary N) is 2. The SMILES string of the molecule is CC[C@H](C)NC(=O)c1ccc(CNC(=O)c2ccnc(Cl)c2)cc1. The van der Waals surface area contributed by atoms with Gasteiger partial charge in [-0.25, -0.2) is 4.98 Å². The van der Waals surface area contributed by atoms with E-state index in [1.807, 2.05) is 26.0 Å². The van der Waals surface area contributed by atoms with Crippen molar-refractivity contribution in [3.8, 4) is 0 Å². The van der Waals surface area contributed by atoms with E-state index in [0.717, 1.165) is 12.0 Å². The maximum absolute atomic E-state index is 12.0. The molecule has 0 radical (unpaired) electrons. The highest BCUT2D eigenvalue weighted by Gasteiger charge is 2.09. The molecule has 1 atom stereocenters. The van der Waals surface area contributed by atoms with Gasteiger partial charge in [0.15, 0.2) is 0 Å². The standard InChI is InChI=1S/C18H20ClN3O2/c1-3-12(2)22-18(24)14-6-4-13(5-7-14)11-21-17(23)15-8-9-20-16(19)10-15/h4-10,12H,3,11H2,1-2H3,(H,21,23)(H,22,24)/t12-/m0/s1. The number of nitrogens with zero attached hydrogens (tertiary/aromatic N) is 1. The minimum Gasteiger partial charge on any atom is -0.350 e. The third kappa shape index (κ3) is 5.06. The number of hydrogen-bond acceptors (Lipinski definition) is 3. The van der Waals surface area contributed by atoms with Crippen LogP contribution < -0.4 is 10.6 Å². The summed E-state index contributed by atoms with van der Waals surface area (Å²) in [6.07, 6.45) is 2.37. The first kappa shape index (κ1) is 17.9. The van der Waals surface area contributed by atoms with Crippen molar-refractivity contribution in [1.82, 2.24) is 15.6 Å². The van der Waals surface area contributed by atoms with E-state index in [9.17, 15) is 9.59 Å². The molecule has 2 N–H and O–H groups in total. The Morgan fingerprint density at radius 3 is 2.46 bits per heavy atom. The average molecular weight is 346 g/mol. The zero-order valence-corrected chi connectivity index (χ0v) is 14.4. The molecule has 2 rings (SSSR count). The number of halogens is 1. The minimum atomic E-state index is -0.224. The second-order valence-corrected chi connectivity index (χ2v) is 5.92. The molecule has 0 saturated carbocycles. The van der Waals surface area contributed by atoms with Crippen LogP contribution >= 0.6 is 11.6 Å². The summed E-state index contributed by atoms with van der Waals surface area (Å²) in [6.45, 7) is 4.35. The predicted octanol–water partition coefficient (Wildman–Crippen LogP) is 3.19. The van der Waals surface area contributed by atoms with Gasteiger partial charge in [0, 0.05) is 29.9 Å². The molecule has 0 aliphatic carbocycles. The molecule has 1 heterocycles. The van der Waals surface area contributed by atoms with Crippen LogP contribution in [0.5, 0.6) is 0 Å². The Morgan fingerprint density at radius 1 is 1.12 bits per heavy atom. The molecule has 24 heavy (non-hydrogen) atoms. The van der Waals surface area contributed by atoms with Gasteiger partial charge in [0.05, 0.1) is 0 Å². The molecular weight excluding hydrogens is 326 g/mol. The van der Waals surface area contributed by atoms with Gasteiger partial charge in [-0.3, -0.25) is 9.59 Å². The minimum absolute atomic E-state index is 0.0913. The smallest absolute Gasteiger partial charge is 0.251 e. The van der Waals surface area contributed by atoms with Crippen LogP contribution in [0.1, 0.15) is 46.5 Å². The number of benzene rings is 1. The Labute approximate surface area is 146 Å². The molecule has 1 aromatic carbocycles. The summed E-state index contributed by atoms with van der Waals surface area (Å²) in [4.78, 5) is 27.9. The quantitative estimate of drug-likeness (QED) is 0.790. The van der Waals surface area contributed by atoms with E-state index in [4.69, 9.17) is 11.6 Å². The first-order valence-corrected chi connectivity index (χ1v) is 8.17. The third-order valence-electron chi connectivity index (χ3n) is 3.65. The molecule has 126 valence electrons. The van der Waals surface area contributed by atoms with E-state index in [1.165, 1.54) is 12.3 Å². The molecule has 0 fully saturated rings. The molecule has 6 heteroatoms. The van der Waals surface area contributed by atoms with E-state index in [0.29, 0.717) is 17.7 Å². The van der Waals surface area contributed by atoms with Crippen LogP contribution in [0.4, 0.5) is 0 Å². The van der Waals surface area contributed by atoms with Gasteiger partial charge in [-0.05, 0) is 43.2 Å². The number of hydrogen-bond donors (Lipinski definition) is 2. The van der Waals surface area contributed by atoms with Gasteiger partial charge in [-0.2, -0.15) is 0 Å². The van der Waals surface area contributed by atoms with Crippen molar-refractivity contribution in [3.63, 3.8) is 0 Å². The lowest BCUT2D eigenvalue weighted by atomic mass is 10.1. The summed E-state index contributed by atoms with van der Waals surface area (Å²) in [5.74, 6) is -0.316. The Bertz CT molecular complexity index is 716. The van der Waals surface area contributed by atoms with Gasteiger partial charge in [-0.15, -0.1) is 0 Å². The maximum atomic E-state index is 12.0. The molecule has 5 nitrogen and oxygen atoms in total. The molecule has 0 aliphatic rings. The fourth-order valence-electron chi connectivity index (χ4n) is 2.01. The molecule has 2 amide bonds. The van der Waals surface area contributed by atoms with Crippen molar-refractivity contribution < 1.29 is 9.59 Å². The van der Waals surface area contributed by atoms with Crippen LogP contribution in [-0.4, -0.2) is 22.8 Å². The van der Waals surface area contributed by atoms with Crippen molar-refractivity contribution in [2.24, 2.45) is 0 Å². The lowest BCUT2D eigenvalue weighted by Gasteiger charge is -2.11. The van der Waals surface area contributed by atoms with Crippen molar-refractivity contribution >= 4 is 23.4 Å². The van der Waals surface area contributed by atoms with Gasteiger partial charge in [-0.1, -0.05) is 30.7 Å². The fraction of sp³-hybridized carbons (Fsp3) is 0.278. The van der Waals surface area contributed by atoms with Crippen LogP contribution in [0.25, 0.3) is 0 Å². The van der Waals surface area contributed by atoms with Gasteiger partial charge in [0.25, 0.3) is 11.8 Å². The zero-order valence-electron chi connectivity index (χ0n) is 13.7. The monoisotopic (exact) mass is 345 g/mol. The summed E-state index contributed by atoms with van der Waals surface area (Å²) in [5.41, 5.74) is 1.97. The van der Waals surface area contributed by atoms with Gasteiger partial charge in [0.1, 0.15) is 5.15 Å². The highest BCUT2D eigenvalue weighted by Crippen LogP contribution is 2.08. The van der Waals surface area contributed by atoms with Crippen molar-refractivity contribution in [3.05, 3.63) is 64.4 Å². The largest absolute Gasteiger partial charge is 0.350 e. The van der Waals surface area contributed by atoms with E-state index in [1.54, 1.807) is 18.2 Å². The Hall–Kier alpha value is -2.40. The van der Waals surface area contributed by atoms with E-state index in [2.05, 4.69) is 15.6 Å². The van der Waals surface area contributed by atoms with Gasteiger partial charge >= 0.3 is 0 Å². The molecule has 0 bridgehead atoms. The summed E-state index contributed by atoms with van der Waals surface area (Å²) < 4.78 is 0. The Balaban J connectivity index is 1.92. The summed E-state index contributed by atoms with van der Waals surface area (Å²) >= 11 is 5.77. The normalized spacial score (nSPS) is 11.6. The van der Waals surface area contributed by atoms with Crippen molar-refractivity contribution in [2.75, 3.05) is 0 Å². The summed E-state index contributed by atoms with van der Waals surface area (Å²) in [6, 6.07) is 10.4. The van der Waals surface area contributed by atoms with E-state index >= 15 is 0 Å².